The highest BCUT2D eigenvalue weighted by Crippen LogP contribution is 2.37. The van der Waals surface area contributed by atoms with E-state index in [0.717, 1.165) is 21.6 Å². The molecule has 0 bridgehead atoms. The molecule has 0 aliphatic carbocycles. The van der Waals surface area contributed by atoms with Crippen molar-refractivity contribution >= 4 is 43.5 Å². The summed E-state index contributed by atoms with van der Waals surface area (Å²) in [7, 11) is 0. The van der Waals surface area contributed by atoms with Gasteiger partial charge in [-0.25, -0.2) is 0 Å². The first-order valence-corrected chi connectivity index (χ1v) is 9.08. The fourth-order valence-corrected chi connectivity index (χ4v) is 4.72. The van der Waals surface area contributed by atoms with Crippen LogP contribution < -0.4 is 0 Å². The fraction of sp³-hybridized carbons (Fsp3) is 0.600. The van der Waals surface area contributed by atoms with E-state index in [1.165, 1.54) is 24.8 Å². The number of rotatable bonds is 7. The average Bonchev–Trinajstić information content (AvgIpc) is 2.36. The first-order valence-electron chi connectivity index (χ1n) is 6.46. The molecule has 102 valence electrons. The summed E-state index contributed by atoms with van der Waals surface area (Å²) in [5.41, 5.74) is 1.46. The van der Waals surface area contributed by atoms with E-state index in [0.29, 0.717) is 0 Å². The van der Waals surface area contributed by atoms with Crippen molar-refractivity contribution in [3.8, 4) is 0 Å². The van der Waals surface area contributed by atoms with Gasteiger partial charge >= 0.3 is 0 Å². The van der Waals surface area contributed by atoms with E-state index >= 15 is 0 Å². The summed E-state index contributed by atoms with van der Waals surface area (Å²) in [5, 5.41) is 2.74. The van der Waals surface area contributed by atoms with Crippen LogP contribution in [0.3, 0.4) is 0 Å². The highest BCUT2D eigenvalue weighted by molar-refractivity contribution is 9.09. The number of alkyl halides is 2. The molecule has 0 fully saturated rings. The van der Waals surface area contributed by atoms with Crippen LogP contribution in [-0.4, -0.2) is 10.7 Å². The summed E-state index contributed by atoms with van der Waals surface area (Å²) in [6, 6.07) is 8.27. The second kappa shape index (κ2) is 7.91. The molecule has 0 amide bonds. The van der Waals surface area contributed by atoms with Gasteiger partial charge in [-0.3, -0.25) is 0 Å². The van der Waals surface area contributed by atoms with E-state index in [1.807, 2.05) is 12.1 Å². The maximum atomic E-state index is 6.13. The van der Waals surface area contributed by atoms with Gasteiger partial charge in [0.15, 0.2) is 0 Å². The third kappa shape index (κ3) is 4.25. The first kappa shape index (κ1) is 16.5. The van der Waals surface area contributed by atoms with Crippen LogP contribution in [0.4, 0.5) is 0 Å². The predicted octanol–water partition coefficient (Wildman–Crippen LogP) is 6.19. The minimum Gasteiger partial charge on any atom is -0.0918 e. The maximum Gasteiger partial charge on any atom is 0.0408 e. The van der Waals surface area contributed by atoms with Gasteiger partial charge in [0.2, 0.25) is 0 Å². The summed E-state index contributed by atoms with van der Waals surface area (Å²) >= 11 is 13.5. The Bertz CT molecular complexity index is 361. The molecule has 0 aliphatic rings. The standard InChI is InChI=1S/C15H21Br2Cl/c1-3-5-12(2)9-15(10-16,11-17)13-6-4-7-14(18)8-13/h4,6-8,12H,3,5,9-11H2,1-2H3. The van der Waals surface area contributed by atoms with Gasteiger partial charge in [0.05, 0.1) is 0 Å². The summed E-state index contributed by atoms with van der Waals surface area (Å²) < 4.78 is 0. The average molecular weight is 397 g/mol. The second-order valence-corrected chi connectivity index (χ2v) is 6.71. The van der Waals surface area contributed by atoms with Gasteiger partial charge in [0, 0.05) is 21.1 Å². The molecule has 1 aromatic rings. The largest absolute Gasteiger partial charge is 0.0918 e. The SMILES string of the molecule is CCCC(C)CC(CBr)(CBr)c1cccc(Cl)c1. The van der Waals surface area contributed by atoms with Crippen molar-refractivity contribution in [1.29, 1.82) is 0 Å². The molecule has 0 saturated heterocycles. The summed E-state index contributed by atoms with van der Waals surface area (Å²) in [4.78, 5) is 0. The molecule has 18 heavy (non-hydrogen) atoms. The lowest BCUT2D eigenvalue weighted by Crippen LogP contribution is -2.32. The quantitative estimate of drug-likeness (QED) is 0.482. The Morgan fingerprint density at radius 2 is 1.94 bits per heavy atom. The van der Waals surface area contributed by atoms with E-state index in [-0.39, 0.29) is 5.41 Å². The number of benzene rings is 1. The topological polar surface area (TPSA) is 0 Å². The molecule has 0 heterocycles. The van der Waals surface area contributed by atoms with Crippen LogP contribution in [-0.2, 0) is 5.41 Å². The molecule has 3 heteroatoms. The molecule has 0 radical (unpaired) electrons. The van der Waals surface area contributed by atoms with Gasteiger partial charge in [0.25, 0.3) is 0 Å². The van der Waals surface area contributed by atoms with E-state index < -0.39 is 0 Å². The highest BCUT2D eigenvalue weighted by Gasteiger charge is 2.31. The fourth-order valence-electron chi connectivity index (χ4n) is 2.50. The molecule has 0 saturated carbocycles. The Labute approximate surface area is 133 Å². The minimum absolute atomic E-state index is 0.138. The number of hydrogen-bond acceptors (Lipinski definition) is 0. The van der Waals surface area contributed by atoms with Crippen LogP contribution in [0.1, 0.15) is 38.7 Å². The van der Waals surface area contributed by atoms with Gasteiger partial charge in [-0.15, -0.1) is 0 Å². The lowest BCUT2D eigenvalue weighted by Gasteiger charge is -2.33. The normalized spacial score (nSPS) is 13.6. The molecule has 0 nitrogen and oxygen atoms in total. The number of hydrogen-bond donors (Lipinski definition) is 0. The van der Waals surface area contributed by atoms with Gasteiger partial charge in [0.1, 0.15) is 0 Å². The molecule has 1 atom stereocenters. The highest BCUT2D eigenvalue weighted by atomic mass is 79.9. The van der Waals surface area contributed by atoms with Crippen molar-refractivity contribution in [3.05, 3.63) is 34.9 Å². The molecule has 1 rings (SSSR count). The van der Waals surface area contributed by atoms with Crippen molar-refractivity contribution in [3.63, 3.8) is 0 Å². The first-order chi connectivity index (χ1) is 8.57. The van der Waals surface area contributed by atoms with E-state index in [2.05, 4.69) is 57.8 Å². The van der Waals surface area contributed by atoms with Crippen LogP contribution in [0.15, 0.2) is 24.3 Å². The lowest BCUT2D eigenvalue weighted by atomic mass is 9.76. The van der Waals surface area contributed by atoms with E-state index in [4.69, 9.17) is 11.6 Å². The Hall–Kier alpha value is 0.470. The van der Waals surface area contributed by atoms with Crippen molar-refractivity contribution in [2.45, 2.75) is 38.5 Å². The Morgan fingerprint density at radius 1 is 1.28 bits per heavy atom. The molecule has 0 aromatic heterocycles. The van der Waals surface area contributed by atoms with Gasteiger partial charge in [-0.2, -0.15) is 0 Å². The van der Waals surface area contributed by atoms with Gasteiger partial charge in [-0.1, -0.05) is 82.3 Å². The van der Waals surface area contributed by atoms with Crippen LogP contribution in [0.2, 0.25) is 5.02 Å². The minimum atomic E-state index is 0.138. The molecule has 1 unspecified atom stereocenters. The van der Waals surface area contributed by atoms with Crippen LogP contribution >= 0.6 is 43.5 Å². The molecule has 0 aliphatic heterocycles. The van der Waals surface area contributed by atoms with Gasteiger partial charge in [-0.05, 0) is 30.0 Å². The van der Waals surface area contributed by atoms with Gasteiger partial charge < -0.3 is 0 Å². The Balaban J connectivity index is 2.99. The Kier molecular flexibility index (Phi) is 7.27. The third-order valence-electron chi connectivity index (χ3n) is 3.47. The molecule has 0 spiro atoms. The van der Waals surface area contributed by atoms with Crippen molar-refractivity contribution in [2.75, 3.05) is 10.7 Å². The summed E-state index contributed by atoms with van der Waals surface area (Å²) in [5.74, 6) is 0.726. The summed E-state index contributed by atoms with van der Waals surface area (Å²) in [6.45, 7) is 4.59. The predicted molar refractivity (Wildman–Crippen MR) is 89.4 cm³/mol. The molecule has 1 aromatic carbocycles. The third-order valence-corrected chi connectivity index (χ3v) is 5.85. The zero-order valence-electron chi connectivity index (χ0n) is 11.1. The van der Waals surface area contributed by atoms with Crippen molar-refractivity contribution in [2.24, 2.45) is 5.92 Å². The van der Waals surface area contributed by atoms with Crippen LogP contribution in [0, 0.1) is 5.92 Å². The smallest absolute Gasteiger partial charge is 0.0408 e. The van der Waals surface area contributed by atoms with Crippen molar-refractivity contribution < 1.29 is 0 Å². The number of halogens is 3. The molecular formula is C15H21Br2Cl. The van der Waals surface area contributed by atoms with E-state index in [9.17, 15) is 0 Å². The van der Waals surface area contributed by atoms with Crippen LogP contribution in [0.5, 0.6) is 0 Å². The Morgan fingerprint density at radius 3 is 2.44 bits per heavy atom. The second-order valence-electron chi connectivity index (χ2n) is 5.16. The summed E-state index contributed by atoms with van der Waals surface area (Å²) in [6.07, 6.45) is 3.71. The van der Waals surface area contributed by atoms with Crippen molar-refractivity contribution in [1.82, 2.24) is 0 Å². The van der Waals surface area contributed by atoms with Crippen LogP contribution in [0.25, 0.3) is 0 Å². The lowest BCUT2D eigenvalue weighted by molar-refractivity contribution is 0.374. The maximum absolute atomic E-state index is 6.13. The molecule has 0 N–H and O–H groups in total. The zero-order valence-corrected chi connectivity index (χ0v) is 15.0. The molecular weight excluding hydrogens is 375 g/mol. The zero-order chi connectivity index (χ0) is 13.6. The monoisotopic (exact) mass is 394 g/mol. The van der Waals surface area contributed by atoms with E-state index in [1.54, 1.807) is 0 Å².